The van der Waals surface area contributed by atoms with Gasteiger partial charge in [0.1, 0.15) is 23.0 Å². The van der Waals surface area contributed by atoms with Crippen molar-refractivity contribution in [2.24, 2.45) is 35.5 Å². The zero-order valence-corrected chi connectivity index (χ0v) is 30.5. The Bertz CT molecular complexity index is 2360. The highest BCUT2D eigenvalue weighted by Crippen LogP contribution is 2.48. The maximum absolute atomic E-state index is 14.5. The molecular formula is C38H36F4N12O4. The molecule has 6 aliphatic carbocycles. The van der Waals surface area contributed by atoms with Crippen molar-refractivity contribution in [2.75, 3.05) is 10.6 Å². The molecule has 0 amide bonds. The first-order chi connectivity index (χ1) is 28.0. The van der Waals surface area contributed by atoms with Crippen molar-refractivity contribution < 1.29 is 37.4 Å². The number of aliphatic carboxylic acids is 2. The number of nitrogens with one attached hydrogen (secondary N) is 4. The minimum Gasteiger partial charge on any atom is -0.481 e. The van der Waals surface area contributed by atoms with Gasteiger partial charge in [-0.05, 0) is 87.2 Å². The number of pyridine rings is 2. The quantitative estimate of drug-likeness (QED) is 0.0972. The normalized spacial score (nSPS) is 26.0. The van der Waals surface area contributed by atoms with Crippen LogP contribution in [0, 0.1) is 58.8 Å². The molecule has 12 rings (SSSR count). The Balaban J connectivity index is 0.000000150. The van der Waals surface area contributed by atoms with E-state index in [2.05, 4.69) is 60.9 Å². The van der Waals surface area contributed by atoms with E-state index in [-0.39, 0.29) is 47.0 Å². The van der Waals surface area contributed by atoms with Gasteiger partial charge in [-0.3, -0.25) is 19.8 Å². The fraction of sp³-hybridized carbons (Fsp3) is 0.421. The zero-order chi connectivity index (χ0) is 40.2. The highest BCUT2D eigenvalue weighted by atomic mass is 19.1. The zero-order valence-electron chi connectivity index (χ0n) is 30.5. The third kappa shape index (κ3) is 6.78. The number of anilines is 2. The third-order valence-electron chi connectivity index (χ3n) is 12.3. The van der Waals surface area contributed by atoms with Gasteiger partial charge in [0.05, 0.1) is 47.4 Å². The van der Waals surface area contributed by atoms with Gasteiger partial charge < -0.3 is 20.8 Å². The number of carbonyl (C=O) groups is 2. The average Bonchev–Trinajstić information content (AvgIpc) is 3.84. The van der Waals surface area contributed by atoms with E-state index in [4.69, 9.17) is 0 Å². The van der Waals surface area contributed by atoms with Crippen LogP contribution in [0.5, 0.6) is 0 Å². The van der Waals surface area contributed by atoms with Gasteiger partial charge in [-0.2, -0.15) is 10.2 Å². The third-order valence-corrected chi connectivity index (χ3v) is 12.3. The second-order valence-corrected chi connectivity index (χ2v) is 15.4. The molecule has 0 unspecified atom stereocenters. The molecule has 6 saturated carbocycles. The van der Waals surface area contributed by atoms with E-state index in [9.17, 15) is 37.4 Å². The molecule has 6 heterocycles. The fourth-order valence-corrected chi connectivity index (χ4v) is 9.61. The summed E-state index contributed by atoms with van der Waals surface area (Å²) < 4.78 is 56.2. The lowest BCUT2D eigenvalue weighted by atomic mass is 9.61. The number of halogens is 4. The lowest BCUT2D eigenvalue weighted by molar-refractivity contribution is -0.149. The monoisotopic (exact) mass is 800 g/mol. The van der Waals surface area contributed by atoms with Crippen LogP contribution in [0.3, 0.4) is 0 Å². The molecule has 20 heteroatoms. The summed E-state index contributed by atoms with van der Waals surface area (Å²) in [5.74, 6) is -4.71. The summed E-state index contributed by atoms with van der Waals surface area (Å²) in [6.45, 7) is 0. The van der Waals surface area contributed by atoms with Crippen LogP contribution in [-0.2, 0) is 9.59 Å². The number of nitrogens with zero attached hydrogens (tertiary/aromatic N) is 8. The summed E-state index contributed by atoms with van der Waals surface area (Å²) in [5.41, 5.74) is 1.21. The number of H-pyrrole nitrogens is 2. The number of aromatic amines is 2. The minimum atomic E-state index is -0.868. The average molecular weight is 801 g/mol. The molecule has 6 aliphatic rings. The molecule has 6 aromatic rings. The molecule has 0 aromatic carbocycles. The van der Waals surface area contributed by atoms with Crippen LogP contribution in [0.25, 0.3) is 45.1 Å². The fourth-order valence-electron chi connectivity index (χ4n) is 9.61. The summed E-state index contributed by atoms with van der Waals surface area (Å²) in [6.07, 6.45) is 11.3. The van der Waals surface area contributed by atoms with E-state index < -0.39 is 59.1 Å². The summed E-state index contributed by atoms with van der Waals surface area (Å²) in [5, 5.41) is 39.7. The van der Waals surface area contributed by atoms with Gasteiger partial charge in [0, 0.05) is 12.1 Å². The van der Waals surface area contributed by atoms with Crippen molar-refractivity contribution in [3.05, 3.63) is 60.2 Å². The molecule has 0 aliphatic heterocycles. The summed E-state index contributed by atoms with van der Waals surface area (Å²) >= 11 is 0. The molecule has 4 bridgehead atoms. The van der Waals surface area contributed by atoms with Crippen molar-refractivity contribution in [1.82, 2.24) is 50.3 Å². The Hall–Kier alpha value is -6.34. The second-order valence-electron chi connectivity index (χ2n) is 15.4. The number of hydrogen-bond acceptors (Lipinski definition) is 12. The SMILES string of the molecule is O=C(O)[C@@H]1C2CCC(CC2)[C@H]1Nc1nc(-c2[nH]nc3ncc(F)cc23)ncc1F.O=C(O)[C@H]1C2CCC(CC2)[C@@H]1Nc1nc(-c2[nH]nc3ncc(F)cc23)ncc1F. The first kappa shape index (κ1) is 37.2. The number of hydrogen-bond donors (Lipinski definition) is 6. The molecule has 58 heavy (non-hydrogen) atoms. The van der Waals surface area contributed by atoms with Crippen molar-refractivity contribution in [3.8, 4) is 23.0 Å². The number of fused-ring (bicyclic) bond motifs is 8. The number of carboxylic acids is 2. The molecule has 0 spiro atoms. The van der Waals surface area contributed by atoms with Gasteiger partial charge in [0.25, 0.3) is 0 Å². The maximum Gasteiger partial charge on any atom is 0.308 e. The highest BCUT2D eigenvalue weighted by molar-refractivity contribution is 5.89. The van der Waals surface area contributed by atoms with E-state index in [1.54, 1.807) is 0 Å². The highest BCUT2D eigenvalue weighted by Gasteiger charge is 2.49. The Labute approximate surface area is 325 Å². The molecule has 6 N–H and O–H groups in total. The summed E-state index contributed by atoms with van der Waals surface area (Å²) in [4.78, 5) is 47.9. The van der Waals surface area contributed by atoms with Gasteiger partial charge in [-0.1, -0.05) is 0 Å². The van der Waals surface area contributed by atoms with E-state index in [1.807, 2.05) is 0 Å². The molecule has 16 nitrogen and oxygen atoms in total. The Kier molecular flexibility index (Phi) is 9.55. The molecular weight excluding hydrogens is 764 g/mol. The van der Waals surface area contributed by atoms with Gasteiger partial charge in [0.2, 0.25) is 0 Å². The van der Waals surface area contributed by atoms with Crippen LogP contribution in [0.1, 0.15) is 51.4 Å². The van der Waals surface area contributed by atoms with Gasteiger partial charge in [-0.15, -0.1) is 0 Å². The molecule has 6 fully saturated rings. The second kappa shape index (κ2) is 14.9. The number of aromatic nitrogens is 10. The number of rotatable bonds is 8. The van der Waals surface area contributed by atoms with Gasteiger partial charge >= 0.3 is 11.9 Å². The van der Waals surface area contributed by atoms with Gasteiger partial charge in [0.15, 0.2) is 46.2 Å². The molecule has 0 radical (unpaired) electrons. The van der Waals surface area contributed by atoms with E-state index >= 15 is 0 Å². The number of carboxylic acid groups (broad SMARTS) is 2. The van der Waals surface area contributed by atoms with Crippen molar-refractivity contribution in [1.29, 1.82) is 0 Å². The van der Waals surface area contributed by atoms with Crippen molar-refractivity contribution in [2.45, 2.75) is 63.5 Å². The van der Waals surface area contributed by atoms with Gasteiger partial charge in [-0.25, -0.2) is 47.5 Å². The largest absolute Gasteiger partial charge is 0.481 e. The lowest BCUT2D eigenvalue weighted by Gasteiger charge is -2.47. The topological polar surface area (TPSA) is 233 Å². The van der Waals surface area contributed by atoms with Crippen molar-refractivity contribution in [3.63, 3.8) is 0 Å². The molecule has 0 saturated heterocycles. The van der Waals surface area contributed by atoms with Crippen LogP contribution >= 0.6 is 0 Å². The first-order valence-corrected chi connectivity index (χ1v) is 19.1. The smallest absolute Gasteiger partial charge is 0.308 e. The Morgan fingerprint density at radius 2 is 0.948 bits per heavy atom. The van der Waals surface area contributed by atoms with Crippen LogP contribution in [0.4, 0.5) is 29.2 Å². The van der Waals surface area contributed by atoms with Crippen LogP contribution in [0.2, 0.25) is 0 Å². The van der Waals surface area contributed by atoms with E-state index in [0.29, 0.717) is 33.5 Å². The van der Waals surface area contributed by atoms with E-state index in [1.165, 1.54) is 12.1 Å². The summed E-state index contributed by atoms with van der Waals surface area (Å²) in [7, 11) is 0. The Morgan fingerprint density at radius 1 is 0.569 bits per heavy atom. The maximum atomic E-state index is 14.5. The molecule has 300 valence electrons. The summed E-state index contributed by atoms with van der Waals surface area (Å²) in [6, 6.07) is 1.72. The Morgan fingerprint density at radius 3 is 1.33 bits per heavy atom. The van der Waals surface area contributed by atoms with Crippen LogP contribution in [0.15, 0.2) is 36.9 Å². The molecule has 4 atom stereocenters. The standard InChI is InChI=1S/2C19H18F2N6O2/c2*20-10-5-11-15(26-27-16(11)22-6-10)18-23-7-12(21)17(25-18)24-14-9-3-1-8(2-4-9)13(14)19(28)29/h2*5-9,13-14H,1-4H2,(H,28,29)(H,22,26,27)(H,23,24,25)/t2*8?,9?,13-,14-/m10/s1. The van der Waals surface area contributed by atoms with Crippen LogP contribution < -0.4 is 10.6 Å². The predicted octanol–water partition coefficient (Wildman–Crippen LogP) is 5.99. The van der Waals surface area contributed by atoms with Crippen LogP contribution in [-0.4, -0.2) is 84.5 Å². The first-order valence-electron chi connectivity index (χ1n) is 19.1. The minimum absolute atomic E-state index is 0.0640. The lowest BCUT2D eigenvalue weighted by Crippen LogP contribution is -2.51. The van der Waals surface area contributed by atoms with Crippen molar-refractivity contribution >= 4 is 45.6 Å². The molecule has 6 aromatic heterocycles. The predicted molar refractivity (Wildman–Crippen MR) is 198 cm³/mol. The van der Waals surface area contributed by atoms with E-state index in [0.717, 1.165) is 76.2 Å².